The van der Waals surface area contributed by atoms with E-state index in [9.17, 15) is 8.78 Å². The molecule has 0 saturated carbocycles. The zero-order chi connectivity index (χ0) is 26.9. The molecule has 3 aromatic heterocycles. The van der Waals surface area contributed by atoms with Gasteiger partial charge in [0.15, 0.2) is 12.0 Å². The minimum absolute atomic E-state index is 0.188. The molecule has 0 unspecified atom stereocenters. The number of benzene rings is 2. The molecular formula is C30H31F2N4O+. The lowest BCUT2D eigenvalue weighted by Crippen LogP contribution is -2.31. The van der Waals surface area contributed by atoms with Crippen molar-refractivity contribution in [2.75, 3.05) is 0 Å². The molecule has 0 N–H and O–H groups in total. The zero-order valence-corrected chi connectivity index (χ0v) is 22.5. The maximum Gasteiger partial charge on any atom is 0.216 e. The summed E-state index contributed by atoms with van der Waals surface area (Å²) in [6.07, 6.45) is 1.98. The van der Waals surface area contributed by atoms with Crippen LogP contribution in [0.25, 0.3) is 44.6 Å². The Labute approximate surface area is 215 Å². The summed E-state index contributed by atoms with van der Waals surface area (Å²) < 4.78 is 36.6. The van der Waals surface area contributed by atoms with E-state index in [1.54, 1.807) is 0 Å². The Kier molecular flexibility index (Phi) is 5.66. The van der Waals surface area contributed by atoms with Crippen LogP contribution >= 0.6 is 0 Å². The van der Waals surface area contributed by atoms with Gasteiger partial charge < -0.3 is 4.42 Å². The quantitative estimate of drug-likeness (QED) is 0.242. The third-order valence-corrected chi connectivity index (χ3v) is 6.49. The third-order valence-electron chi connectivity index (χ3n) is 6.49. The molecule has 3 heterocycles. The van der Waals surface area contributed by atoms with Crippen LogP contribution < -0.4 is 4.57 Å². The standard InChI is InChI=1S/C30H31F2N4O/c1-16-9-11-19-24-20(32)13-18(31)14-22(24)37-25(19)23(16)21-12-10-17(15-36(21)8)26-33-27(29(2,3)4)35-28(34-26)30(5,6)7/h9-15H,1-8H3/q+1. The molecule has 2 aromatic carbocycles. The van der Waals surface area contributed by atoms with E-state index in [2.05, 4.69) is 41.5 Å². The monoisotopic (exact) mass is 501 g/mol. The van der Waals surface area contributed by atoms with Gasteiger partial charge in [-0.25, -0.2) is 28.3 Å². The highest BCUT2D eigenvalue weighted by Gasteiger charge is 2.27. The number of halogens is 2. The first-order valence-electron chi connectivity index (χ1n) is 12.3. The Morgan fingerprint density at radius 1 is 0.838 bits per heavy atom. The minimum Gasteiger partial charge on any atom is -0.455 e. The Morgan fingerprint density at radius 3 is 2.08 bits per heavy atom. The number of aromatic nitrogens is 4. The van der Waals surface area contributed by atoms with Crippen molar-refractivity contribution < 1.29 is 17.8 Å². The van der Waals surface area contributed by atoms with Crippen molar-refractivity contribution in [1.82, 2.24) is 15.0 Å². The molecule has 0 amide bonds. The number of furan rings is 1. The molecule has 5 aromatic rings. The van der Waals surface area contributed by atoms with E-state index < -0.39 is 11.6 Å². The van der Waals surface area contributed by atoms with Gasteiger partial charge in [0.2, 0.25) is 5.69 Å². The van der Waals surface area contributed by atoms with Gasteiger partial charge in [-0.15, -0.1) is 0 Å². The van der Waals surface area contributed by atoms with Gasteiger partial charge in [0.05, 0.1) is 16.5 Å². The molecule has 0 aliphatic rings. The van der Waals surface area contributed by atoms with Gasteiger partial charge in [-0.3, -0.25) is 0 Å². The van der Waals surface area contributed by atoms with E-state index in [0.717, 1.165) is 40.1 Å². The molecular weight excluding hydrogens is 470 g/mol. The number of hydrogen-bond acceptors (Lipinski definition) is 4. The second-order valence-electron chi connectivity index (χ2n) is 11.7. The normalized spacial score (nSPS) is 12.6. The molecule has 0 radical (unpaired) electrons. The van der Waals surface area contributed by atoms with Crippen LogP contribution in [0.2, 0.25) is 0 Å². The number of rotatable bonds is 2. The van der Waals surface area contributed by atoms with Crippen LogP contribution in [0.4, 0.5) is 8.78 Å². The van der Waals surface area contributed by atoms with Gasteiger partial charge in [-0.05, 0) is 18.6 Å². The molecule has 0 fully saturated rings. The van der Waals surface area contributed by atoms with Gasteiger partial charge >= 0.3 is 0 Å². The van der Waals surface area contributed by atoms with Gasteiger partial charge in [-0.1, -0.05) is 53.7 Å². The van der Waals surface area contributed by atoms with Gasteiger partial charge in [0, 0.05) is 34.4 Å². The highest BCUT2D eigenvalue weighted by Crippen LogP contribution is 2.38. The first kappa shape index (κ1) is 24.9. The van der Waals surface area contributed by atoms with Crippen LogP contribution in [0.15, 0.2) is 47.0 Å². The highest BCUT2D eigenvalue weighted by atomic mass is 19.1. The third kappa shape index (κ3) is 4.37. The smallest absolute Gasteiger partial charge is 0.216 e. The van der Waals surface area contributed by atoms with E-state index in [1.807, 2.05) is 49.0 Å². The summed E-state index contributed by atoms with van der Waals surface area (Å²) in [7, 11) is 1.94. The van der Waals surface area contributed by atoms with Gasteiger partial charge in [0.25, 0.3) is 0 Å². The zero-order valence-electron chi connectivity index (χ0n) is 22.5. The molecule has 5 rings (SSSR count). The van der Waals surface area contributed by atoms with Crippen molar-refractivity contribution in [3.63, 3.8) is 0 Å². The number of aryl methyl sites for hydroxylation is 2. The SMILES string of the molecule is Cc1ccc2c(oc3cc(F)cc(F)c32)c1-c1ccc(-c2nc(C(C)(C)C)nc(C(C)(C)C)n2)c[n+]1C. The molecule has 0 spiro atoms. The van der Waals surface area contributed by atoms with Crippen LogP contribution in [-0.2, 0) is 17.9 Å². The fourth-order valence-corrected chi connectivity index (χ4v) is 4.48. The number of fused-ring (bicyclic) bond motifs is 3. The Morgan fingerprint density at radius 2 is 1.49 bits per heavy atom. The van der Waals surface area contributed by atoms with E-state index in [1.165, 1.54) is 6.07 Å². The van der Waals surface area contributed by atoms with E-state index >= 15 is 0 Å². The molecule has 5 nitrogen and oxygen atoms in total. The summed E-state index contributed by atoms with van der Waals surface area (Å²) in [4.78, 5) is 14.4. The van der Waals surface area contributed by atoms with Crippen LogP contribution in [0, 0.1) is 18.6 Å². The van der Waals surface area contributed by atoms with E-state index in [0.29, 0.717) is 16.8 Å². The van der Waals surface area contributed by atoms with Crippen molar-refractivity contribution >= 4 is 21.9 Å². The summed E-state index contributed by atoms with van der Waals surface area (Å²) in [5.41, 5.74) is 3.75. The van der Waals surface area contributed by atoms with E-state index in [-0.39, 0.29) is 21.8 Å². The Balaban J connectivity index is 1.70. The number of pyridine rings is 1. The minimum atomic E-state index is -0.668. The predicted octanol–water partition coefficient (Wildman–Crippen LogP) is 7.11. The van der Waals surface area contributed by atoms with Crippen LogP contribution in [-0.4, -0.2) is 15.0 Å². The lowest BCUT2D eigenvalue weighted by Gasteiger charge is -2.22. The maximum absolute atomic E-state index is 14.7. The topological polar surface area (TPSA) is 55.7 Å². The molecule has 0 saturated heterocycles. The van der Waals surface area contributed by atoms with Crippen LogP contribution in [0.3, 0.4) is 0 Å². The van der Waals surface area contributed by atoms with Crippen molar-refractivity contribution in [1.29, 1.82) is 0 Å². The fourth-order valence-electron chi connectivity index (χ4n) is 4.48. The summed E-state index contributed by atoms with van der Waals surface area (Å²) in [5, 5.41) is 0.894. The van der Waals surface area contributed by atoms with Crippen molar-refractivity contribution in [2.24, 2.45) is 7.05 Å². The molecule has 37 heavy (non-hydrogen) atoms. The fraction of sp³-hybridized carbons (Fsp3) is 0.333. The molecule has 0 aliphatic carbocycles. The van der Waals surface area contributed by atoms with Crippen LogP contribution in [0.5, 0.6) is 0 Å². The second kappa shape index (κ2) is 8.40. The lowest BCUT2D eigenvalue weighted by atomic mass is 9.93. The summed E-state index contributed by atoms with van der Waals surface area (Å²) in [6.45, 7) is 14.5. The Hall–Kier alpha value is -3.74. The summed E-state index contributed by atoms with van der Waals surface area (Å²) in [5.74, 6) is 0.794. The molecule has 0 bridgehead atoms. The average Bonchev–Trinajstić information content (AvgIpc) is 3.16. The first-order valence-corrected chi connectivity index (χ1v) is 12.3. The average molecular weight is 502 g/mol. The predicted molar refractivity (Wildman–Crippen MR) is 141 cm³/mol. The number of hydrogen-bond donors (Lipinski definition) is 0. The van der Waals surface area contributed by atoms with Gasteiger partial charge in [0.1, 0.15) is 41.5 Å². The molecule has 190 valence electrons. The molecule has 0 atom stereocenters. The maximum atomic E-state index is 14.7. The summed E-state index contributed by atoms with van der Waals surface area (Å²) >= 11 is 0. The Bertz CT molecular complexity index is 1660. The molecule has 0 aliphatic heterocycles. The summed E-state index contributed by atoms with van der Waals surface area (Å²) in [6, 6.07) is 9.82. The van der Waals surface area contributed by atoms with Crippen molar-refractivity contribution in [2.45, 2.75) is 59.3 Å². The lowest BCUT2D eigenvalue weighted by molar-refractivity contribution is -0.659. The first-order chi connectivity index (χ1) is 17.2. The van der Waals surface area contributed by atoms with E-state index in [4.69, 9.17) is 19.4 Å². The van der Waals surface area contributed by atoms with Gasteiger partial charge in [-0.2, -0.15) is 0 Å². The number of nitrogens with zero attached hydrogens (tertiary/aromatic N) is 4. The second-order valence-corrected chi connectivity index (χ2v) is 11.7. The molecule has 7 heteroatoms. The largest absolute Gasteiger partial charge is 0.455 e. The van der Waals surface area contributed by atoms with Crippen molar-refractivity contribution in [3.05, 3.63) is 71.4 Å². The van der Waals surface area contributed by atoms with Crippen molar-refractivity contribution in [3.8, 4) is 22.6 Å². The highest BCUT2D eigenvalue weighted by molar-refractivity contribution is 6.10. The van der Waals surface area contributed by atoms with Crippen LogP contribution in [0.1, 0.15) is 58.8 Å².